The average molecular weight is 245 g/mol. The van der Waals surface area contributed by atoms with E-state index in [0.717, 1.165) is 12.8 Å². The number of hydrogen-bond donors (Lipinski definition) is 4. The lowest BCUT2D eigenvalue weighted by molar-refractivity contribution is -0.123. The average Bonchev–Trinajstić information content (AvgIpc) is 2.30. The molecule has 0 rings (SSSR count). The van der Waals surface area contributed by atoms with E-state index in [1.165, 1.54) is 0 Å². The predicted molar refractivity (Wildman–Crippen MR) is 65.3 cm³/mol. The van der Waals surface area contributed by atoms with E-state index < -0.39 is 12.1 Å². The number of primary amides is 1. The van der Waals surface area contributed by atoms with Gasteiger partial charge in [0, 0.05) is 12.0 Å². The Hall–Kier alpha value is -1.30. The van der Waals surface area contributed by atoms with Gasteiger partial charge in [0.2, 0.25) is 5.91 Å². The highest BCUT2D eigenvalue weighted by molar-refractivity contribution is 5.86. The molecule has 0 aromatic heterocycles. The van der Waals surface area contributed by atoms with E-state index in [9.17, 15) is 14.7 Å². The Labute approximate surface area is 102 Å². The molecule has 1 atom stereocenters. The molecule has 0 spiro atoms. The van der Waals surface area contributed by atoms with Gasteiger partial charge in [-0.1, -0.05) is 13.8 Å². The van der Waals surface area contributed by atoms with E-state index in [0.29, 0.717) is 6.54 Å². The predicted octanol–water partition coefficient (Wildman–Crippen LogP) is -0.0419. The van der Waals surface area contributed by atoms with Gasteiger partial charge < -0.3 is 21.5 Å². The van der Waals surface area contributed by atoms with Crippen molar-refractivity contribution < 1.29 is 14.7 Å². The largest absolute Gasteiger partial charge is 0.396 e. The zero-order valence-electron chi connectivity index (χ0n) is 10.7. The second kappa shape index (κ2) is 7.11. The summed E-state index contributed by atoms with van der Waals surface area (Å²) in [6.45, 7) is 5.91. The highest BCUT2D eigenvalue weighted by atomic mass is 16.3. The molecule has 6 heteroatoms. The van der Waals surface area contributed by atoms with Crippen LogP contribution in [0.15, 0.2) is 0 Å². The van der Waals surface area contributed by atoms with Crippen LogP contribution >= 0.6 is 0 Å². The highest BCUT2D eigenvalue weighted by Gasteiger charge is 2.26. The van der Waals surface area contributed by atoms with Crippen LogP contribution in [0.5, 0.6) is 0 Å². The van der Waals surface area contributed by atoms with Crippen LogP contribution in [-0.2, 0) is 4.79 Å². The summed E-state index contributed by atoms with van der Waals surface area (Å²) >= 11 is 0. The molecule has 17 heavy (non-hydrogen) atoms. The first kappa shape index (κ1) is 15.7. The summed E-state index contributed by atoms with van der Waals surface area (Å²) < 4.78 is 0. The van der Waals surface area contributed by atoms with Crippen molar-refractivity contribution in [3.8, 4) is 0 Å². The van der Waals surface area contributed by atoms with Crippen molar-refractivity contribution in [2.75, 3.05) is 13.2 Å². The lowest BCUT2D eigenvalue weighted by Gasteiger charge is -2.30. The molecule has 5 N–H and O–H groups in total. The molecule has 0 saturated heterocycles. The fraction of sp³-hybridized carbons (Fsp3) is 0.818. The van der Waals surface area contributed by atoms with Crippen LogP contribution in [0, 0.1) is 5.41 Å². The molecule has 0 heterocycles. The van der Waals surface area contributed by atoms with Crippen molar-refractivity contribution in [1.82, 2.24) is 10.6 Å². The number of nitrogens with two attached hydrogens (primary N) is 1. The zero-order valence-corrected chi connectivity index (χ0v) is 10.7. The van der Waals surface area contributed by atoms with Gasteiger partial charge in [0.25, 0.3) is 0 Å². The zero-order chi connectivity index (χ0) is 13.5. The Balaban J connectivity index is 4.26. The number of urea groups is 1. The molecule has 0 bridgehead atoms. The number of hydrogen-bond acceptors (Lipinski definition) is 3. The lowest BCUT2D eigenvalue weighted by atomic mass is 9.83. The third-order valence-corrected chi connectivity index (χ3v) is 3.23. The van der Waals surface area contributed by atoms with Crippen molar-refractivity contribution in [1.29, 1.82) is 0 Å². The molecule has 0 fully saturated rings. The maximum atomic E-state index is 11.6. The minimum atomic E-state index is -0.730. The second-order valence-corrected chi connectivity index (χ2v) is 4.31. The van der Waals surface area contributed by atoms with Crippen molar-refractivity contribution >= 4 is 11.9 Å². The molecule has 3 amide bonds. The smallest absolute Gasteiger partial charge is 0.312 e. The number of rotatable bonds is 7. The minimum absolute atomic E-state index is 0.0257. The molecular weight excluding hydrogens is 222 g/mol. The van der Waals surface area contributed by atoms with Crippen molar-refractivity contribution in [2.24, 2.45) is 11.1 Å². The number of aliphatic hydroxyl groups is 1. The Kier molecular flexibility index (Phi) is 6.57. The van der Waals surface area contributed by atoms with Gasteiger partial charge in [0.05, 0.1) is 6.61 Å². The number of aliphatic hydroxyl groups excluding tert-OH is 1. The third-order valence-electron chi connectivity index (χ3n) is 3.23. The Morgan fingerprint density at radius 1 is 1.35 bits per heavy atom. The first-order chi connectivity index (χ1) is 7.90. The van der Waals surface area contributed by atoms with Crippen LogP contribution in [0.4, 0.5) is 4.79 Å². The molecule has 0 aliphatic carbocycles. The Morgan fingerprint density at radius 2 is 1.88 bits per heavy atom. The van der Waals surface area contributed by atoms with Gasteiger partial charge in [0.1, 0.15) is 6.04 Å². The summed E-state index contributed by atoms with van der Waals surface area (Å²) in [5, 5.41) is 14.3. The van der Waals surface area contributed by atoms with E-state index in [1.54, 1.807) is 6.92 Å². The first-order valence-electron chi connectivity index (χ1n) is 5.85. The van der Waals surface area contributed by atoms with Crippen LogP contribution in [0.25, 0.3) is 0 Å². The monoisotopic (exact) mass is 245 g/mol. The number of carbonyl (C=O) groups is 2. The molecule has 0 aromatic rings. The van der Waals surface area contributed by atoms with Gasteiger partial charge >= 0.3 is 6.03 Å². The van der Waals surface area contributed by atoms with E-state index >= 15 is 0 Å². The summed E-state index contributed by atoms with van der Waals surface area (Å²) in [5.74, 6) is -0.302. The SMILES string of the molecule is CCC(CC)(CO)CNC(=O)C(C)NC(N)=O. The van der Waals surface area contributed by atoms with E-state index in [1.807, 2.05) is 13.8 Å². The Bertz CT molecular complexity index is 256. The molecule has 0 aromatic carbocycles. The standard InChI is InChI=1S/C11H23N3O3/c1-4-11(5-2,7-15)6-13-9(16)8(3)14-10(12)17/h8,15H,4-7H2,1-3H3,(H,13,16)(H3,12,14,17). The fourth-order valence-corrected chi connectivity index (χ4v) is 1.49. The van der Waals surface area contributed by atoms with Crippen molar-refractivity contribution in [2.45, 2.75) is 39.7 Å². The van der Waals surface area contributed by atoms with Crippen LogP contribution < -0.4 is 16.4 Å². The Morgan fingerprint density at radius 3 is 2.24 bits per heavy atom. The molecule has 100 valence electrons. The maximum absolute atomic E-state index is 11.6. The van der Waals surface area contributed by atoms with E-state index in [2.05, 4.69) is 10.6 Å². The van der Waals surface area contributed by atoms with Crippen molar-refractivity contribution in [3.63, 3.8) is 0 Å². The number of amides is 3. The molecule has 1 unspecified atom stereocenters. The topological polar surface area (TPSA) is 104 Å². The molecule has 0 saturated carbocycles. The van der Waals surface area contributed by atoms with E-state index in [-0.39, 0.29) is 17.9 Å². The van der Waals surface area contributed by atoms with Gasteiger partial charge in [0.15, 0.2) is 0 Å². The summed E-state index contributed by atoms with van der Waals surface area (Å²) in [6.07, 6.45) is 1.55. The maximum Gasteiger partial charge on any atom is 0.312 e. The highest BCUT2D eigenvalue weighted by Crippen LogP contribution is 2.24. The third kappa shape index (κ3) is 5.04. The van der Waals surface area contributed by atoms with Gasteiger partial charge in [-0.2, -0.15) is 0 Å². The second-order valence-electron chi connectivity index (χ2n) is 4.31. The lowest BCUT2D eigenvalue weighted by Crippen LogP contribution is -2.49. The number of carbonyl (C=O) groups excluding carboxylic acids is 2. The van der Waals surface area contributed by atoms with Crippen LogP contribution in [0.3, 0.4) is 0 Å². The molecule has 0 aliphatic rings. The van der Waals surface area contributed by atoms with Gasteiger partial charge in [-0.05, 0) is 19.8 Å². The number of nitrogens with one attached hydrogen (secondary N) is 2. The molecule has 6 nitrogen and oxygen atoms in total. The fourth-order valence-electron chi connectivity index (χ4n) is 1.49. The summed E-state index contributed by atoms with van der Waals surface area (Å²) in [6, 6.07) is -1.40. The molecule has 0 radical (unpaired) electrons. The normalized spacial score (nSPS) is 12.9. The minimum Gasteiger partial charge on any atom is -0.396 e. The molecule has 0 aliphatic heterocycles. The van der Waals surface area contributed by atoms with Crippen LogP contribution in [-0.4, -0.2) is 36.2 Å². The quantitative estimate of drug-likeness (QED) is 0.505. The van der Waals surface area contributed by atoms with Gasteiger partial charge in [-0.3, -0.25) is 4.79 Å². The summed E-state index contributed by atoms with van der Waals surface area (Å²) in [5.41, 5.74) is 4.63. The van der Waals surface area contributed by atoms with Crippen molar-refractivity contribution in [3.05, 3.63) is 0 Å². The van der Waals surface area contributed by atoms with Crippen LogP contribution in [0.1, 0.15) is 33.6 Å². The summed E-state index contributed by atoms with van der Waals surface area (Å²) in [7, 11) is 0. The van der Waals surface area contributed by atoms with Gasteiger partial charge in [-0.15, -0.1) is 0 Å². The van der Waals surface area contributed by atoms with Gasteiger partial charge in [-0.25, -0.2) is 4.79 Å². The first-order valence-corrected chi connectivity index (χ1v) is 5.85. The molecular formula is C11H23N3O3. The van der Waals surface area contributed by atoms with Crippen LogP contribution in [0.2, 0.25) is 0 Å². The van der Waals surface area contributed by atoms with E-state index in [4.69, 9.17) is 5.73 Å². The summed E-state index contributed by atoms with van der Waals surface area (Å²) in [4.78, 5) is 22.2.